The third kappa shape index (κ3) is 3.10. The maximum Gasteiger partial charge on any atom is 0.389 e. The van der Waals surface area contributed by atoms with E-state index in [2.05, 4.69) is 5.43 Å². The average molecular weight is 290 g/mol. The van der Waals surface area contributed by atoms with Crippen molar-refractivity contribution in [3.05, 3.63) is 35.3 Å². The van der Waals surface area contributed by atoms with Crippen molar-refractivity contribution in [2.24, 2.45) is 5.84 Å². The SMILES string of the molecule is Cc1c(C(CCC(F)(F)F)NN)oc2ccc(F)cc12. The van der Waals surface area contributed by atoms with Crippen LogP contribution in [-0.4, -0.2) is 6.18 Å². The van der Waals surface area contributed by atoms with E-state index >= 15 is 0 Å². The van der Waals surface area contributed by atoms with Gasteiger partial charge in [-0.2, -0.15) is 13.2 Å². The number of benzene rings is 1. The molecule has 3 nitrogen and oxygen atoms in total. The fourth-order valence-electron chi connectivity index (χ4n) is 2.14. The Morgan fingerprint density at radius 3 is 2.65 bits per heavy atom. The van der Waals surface area contributed by atoms with Gasteiger partial charge in [-0.25, -0.2) is 9.82 Å². The van der Waals surface area contributed by atoms with Crippen LogP contribution < -0.4 is 11.3 Å². The van der Waals surface area contributed by atoms with Crippen LogP contribution in [0.25, 0.3) is 11.0 Å². The zero-order valence-corrected chi connectivity index (χ0v) is 10.7. The van der Waals surface area contributed by atoms with Crippen LogP contribution in [-0.2, 0) is 0 Å². The van der Waals surface area contributed by atoms with Crippen LogP contribution in [0, 0.1) is 12.7 Å². The summed E-state index contributed by atoms with van der Waals surface area (Å²) in [5, 5.41) is 0.534. The van der Waals surface area contributed by atoms with Gasteiger partial charge in [0, 0.05) is 17.4 Å². The van der Waals surface area contributed by atoms with E-state index in [0.717, 1.165) is 0 Å². The number of alkyl halides is 3. The molecule has 1 atom stereocenters. The van der Waals surface area contributed by atoms with E-state index < -0.39 is 24.5 Å². The topological polar surface area (TPSA) is 51.2 Å². The molecule has 20 heavy (non-hydrogen) atoms. The van der Waals surface area contributed by atoms with Gasteiger partial charge in [-0.05, 0) is 31.5 Å². The van der Waals surface area contributed by atoms with Crippen LogP contribution in [0.2, 0.25) is 0 Å². The predicted molar refractivity (Wildman–Crippen MR) is 66.3 cm³/mol. The van der Waals surface area contributed by atoms with E-state index in [0.29, 0.717) is 22.3 Å². The van der Waals surface area contributed by atoms with Crippen LogP contribution in [0.1, 0.15) is 30.2 Å². The molecule has 1 unspecified atom stereocenters. The summed E-state index contributed by atoms with van der Waals surface area (Å²) in [6.07, 6.45) is -5.49. The summed E-state index contributed by atoms with van der Waals surface area (Å²) in [4.78, 5) is 0. The molecule has 0 aliphatic rings. The van der Waals surface area contributed by atoms with Gasteiger partial charge in [-0.15, -0.1) is 0 Å². The van der Waals surface area contributed by atoms with Gasteiger partial charge < -0.3 is 4.42 Å². The Labute approximate surface area is 112 Å². The quantitative estimate of drug-likeness (QED) is 0.512. The highest BCUT2D eigenvalue weighted by Gasteiger charge is 2.30. The second kappa shape index (κ2) is 5.41. The minimum Gasteiger partial charge on any atom is -0.459 e. The minimum atomic E-state index is -4.26. The molecular formula is C13H14F4N2O. The number of rotatable bonds is 4. The molecule has 0 aliphatic heterocycles. The van der Waals surface area contributed by atoms with E-state index in [9.17, 15) is 17.6 Å². The summed E-state index contributed by atoms with van der Waals surface area (Å²) >= 11 is 0. The molecule has 2 aromatic rings. The van der Waals surface area contributed by atoms with Gasteiger partial charge in [-0.3, -0.25) is 5.84 Å². The Kier molecular flexibility index (Phi) is 4.01. The zero-order valence-electron chi connectivity index (χ0n) is 10.7. The molecule has 2 rings (SSSR count). The Morgan fingerprint density at radius 1 is 1.35 bits per heavy atom. The maximum absolute atomic E-state index is 13.2. The first-order valence-corrected chi connectivity index (χ1v) is 6.03. The lowest BCUT2D eigenvalue weighted by molar-refractivity contribution is -0.136. The van der Waals surface area contributed by atoms with Crippen molar-refractivity contribution < 1.29 is 22.0 Å². The zero-order chi connectivity index (χ0) is 14.9. The molecule has 110 valence electrons. The molecule has 0 saturated heterocycles. The number of hydrogen-bond donors (Lipinski definition) is 2. The van der Waals surface area contributed by atoms with Gasteiger partial charge in [0.2, 0.25) is 0 Å². The first kappa shape index (κ1) is 14.8. The van der Waals surface area contributed by atoms with Crippen LogP contribution in [0.5, 0.6) is 0 Å². The van der Waals surface area contributed by atoms with Crippen LogP contribution >= 0.6 is 0 Å². The van der Waals surface area contributed by atoms with Crippen molar-refractivity contribution in [1.82, 2.24) is 5.43 Å². The molecule has 1 aromatic carbocycles. The third-order valence-electron chi connectivity index (χ3n) is 3.17. The summed E-state index contributed by atoms with van der Waals surface area (Å²) in [5.41, 5.74) is 3.33. The molecule has 0 amide bonds. The van der Waals surface area contributed by atoms with Gasteiger partial charge in [-0.1, -0.05) is 0 Å². The summed E-state index contributed by atoms with van der Waals surface area (Å²) in [7, 11) is 0. The first-order valence-electron chi connectivity index (χ1n) is 6.03. The van der Waals surface area contributed by atoms with E-state index in [-0.39, 0.29) is 6.42 Å². The predicted octanol–water partition coefficient (Wildman–Crippen LogP) is 3.73. The fraction of sp³-hybridized carbons (Fsp3) is 0.385. The van der Waals surface area contributed by atoms with Crippen LogP contribution in [0.3, 0.4) is 0 Å². The van der Waals surface area contributed by atoms with E-state index in [4.69, 9.17) is 10.3 Å². The lowest BCUT2D eigenvalue weighted by atomic mass is 10.0. The third-order valence-corrected chi connectivity index (χ3v) is 3.17. The van der Waals surface area contributed by atoms with Crippen LogP contribution in [0.4, 0.5) is 17.6 Å². The second-order valence-electron chi connectivity index (χ2n) is 4.60. The highest BCUT2D eigenvalue weighted by Crippen LogP contribution is 2.33. The number of fused-ring (bicyclic) bond motifs is 1. The van der Waals surface area contributed by atoms with Gasteiger partial charge in [0.05, 0.1) is 6.04 Å². The standard InChI is InChI=1S/C13H14F4N2O/c1-7-9-6-8(14)2-3-11(9)20-12(7)10(19-18)4-5-13(15,16)17/h2-3,6,10,19H,4-5,18H2,1H3. The molecule has 0 radical (unpaired) electrons. The molecule has 3 N–H and O–H groups in total. The number of furan rings is 1. The summed E-state index contributed by atoms with van der Waals surface area (Å²) < 4.78 is 55.5. The summed E-state index contributed by atoms with van der Waals surface area (Å²) in [5.74, 6) is 5.18. The summed E-state index contributed by atoms with van der Waals surface area (Å²) in [6.45, 7) is 1.67. The highest BCUT2D eigenvalue weighted by atomic mass is 19.4. The van der Waals surface area contributed by atoms with E-state index in [1.807, 2.05) is 0 Å². The minimum absolute atomic E-state index is 0.247. The number of nitrogens with one attached hydrogen (secondary N) is 1. The molecular weight excluding hydrogens is 276 g/mol. The average Bonchev–Trinajstić information content (AvgIpc) is 2.67. The number of halogens is 4. The van der Waals surface area contributed by atoms with Crippen molar-refractivity contribution in [3.8, 4) is 0 Å². The molecule has 7 heteroatoms. The van der Waals surface area contributed by atoms with Crippen LogP contribution in [0.15, 0.2) is 22.6 Å². The van der Waals surface area contributed by atoms with Gasteiger partial charge in [0.25, 0.3) is 0 Å². The highest BCUT2D eigenvalue weighted by molar-refractivity contribution is 5.82. The van der Waals surface area contributed by atoms with Crippen molar-refractivity contribution in [2.75, 3.05) is 0 Å². The molecule has 0 aliphatic carbocycles. The Bertz CT molecular complexity index is 606. The van der Waals surface area contributed by atoms with Crippen molar-refractivity contribution in [1.29, 1.82) is 0 Å². The first-order chi connectivity index (χ1) is 9.31. The number of aryl methyl sites for hydroxylation is 1. The molecule has 0 fully saturated rings. The van der Waals surface area contributed by atoms with Crippen molar-refractivity contribution in [3.63, 3.8) is 0 Å². The van der Waals surface area contributed by atoms with Crippen molar-refractivity contribution in [2.45, 2.75) is 32.0 Å². The number of nitrogens with two attached hydrogens (primary N) is 1. The van der Waals surface area contributed by atoms with Crippen molar-refractivity contribution >= 4 is 11.0 Å². The van der Waals surface area contributed by atoms with Gasteiger partial charge in [0.15, 0.2) is 0 Å². The normalized spacial score (nSPS) is 13.9. The molecule has 0 saturated carbocycles. The fourth-order valence-corrected chi connectivity index (χ4v) is 2.14. The largest absolute Gasteiger partial charge is 0.459 e. The lowest BCUT2D eigenvalue weighted by Gasteiger charge is -2.15. The smallest absolute Gasteiger partial charge is 0.389 e. The molecule has 1 aromatic heterocycles. The van der Waals surface area contributed by atoms with E-state index in [1.165, 1.54) is 18.2 Å². The maximum atomic E-state index is 13.2. The number of hydrogen-bond acceptors (Lipinski definition) is 3. The summed E-state index contributed by atoms with van der Waals surface area (Å²) in [6, 6.07) is 3.19. The molecule has 0 bridgehead atoms. The molecule has 1 heterocycles. The Hall–Kier alpha value is -1.60. The monoisotopic (exact) mass is 290 g/mol. The Balaban J connectivity index is 2.32. The second-order valence-corrected chi connectivity index (χ2v) is 4.60. The Morgan fingerprint density at radius 2 is 2.05 bits per heavy atom. The van der Waals surface area contributed by atoms with Gasteiger partial charge in [0.1, 0.15) is 17.2 Å². The molecule has 0 spiro atoms. The van der Waals surface area contributed by atoms with Gasteiger partial charge >= 0.3 is 6.18 Å². The van der Waals surface area contributed by atoms with E-state index in [1.54, 1.807) is 6.92 Å². The lowest BCUT2D eigenvalue weighted by Crippen LogP contribution is -2.29. The number of hydrazine groups is 1.